The van der Waals surface area contributed by atoms with Crippen LogP contribution in [-0.2, 0) is 0 Å². The molecule has 2 nitrogen and oxygen atoms in total. The molecule has 2 heterocycles. The van der Waals surface area contributed by atoms with Gasteiger partial charge in [-0.2, -0.15) is 0 Å². The standard InChI is InChI=1S/C44H28N2S/c1-4-14-29(15-5-1)32-24-33(38-27-42-43(36-21-11-10-20-35(36)38)37-22-12-13-23-41(37)47-42)26-34(25-32)40-28-39(30-16-6-2-7-17-30)45-44(46-40)31-18-8-3-9-19-31/h1-28H. The maximum atomic E-state index is 5.20. The van der Waals surface area contributed by atoms with Gasteiger partial charge in [-0.05, 0) is 69.4 Å². The van der Waals surface area contributed by atoms with Crippen LogP contribution in [0, 0.1) is 0 Å². The molecular weight excluding hydrogens is 589 g/mol. The van der Waals surface area contributed by atoms with Crippen LogP contribution in [0.1, 0.15) is 0 Å². The van der Waals surface area contributed by atoms with Crippen molar-refractivity contribution in [3.63, 3.8) is 0 Å². The zero-order chi connectivity index (χ0) is 31.2. The van der Waals surface area contributed by atoms with Crippen molar-refractivity contribution in [2.75, 3.05) is 0 Å². The van der Waals surface area contributed by atoms with Gasteiger partial charge in [0.05, 0.1) is 11.4 Å². The molecular formula is C44H28N2S. The van der Waals surface area contributed by atoms with E-state index in [-0.39, 0.29) is 0 Å². The Morgan fingerprint density at radius 3 is 1.60 bits per heavy atom. The Bertz CT molecular complexity index is 2500. The molecule has 220 valence electrons. The van der Waals surface area contributed by atoms with Gasteiger partial charge in [0.15, 0.2) is 5.82 Å². The largest absolute Gasteiger partial charge is 0.228 e. The van der Waals surface area contributed by atoms with Crippen molar-refractivity contribution >= 4 is 42.3 Å². The Morgan fingerprint density at radius 1 is 0.340 bits per heavy atom. The molecule has 0 bridgehead atoms. The second kappa shape index (κ2) is 11.5. The van der Waals surface area contributed by atoms with E-state index in [1.54, 1.807) is 0 Å². The van der Waals surface area contributed by atoms with Gasteiger partial charge in [0.25, 0.3) is 0 Å². The molecule has 0 amide bonds. The van der Waals surface area contributed by atoms with Crippen molar-refractivity contribution in [2.24, 2.45) is 0 Å². The maximum Gasteiger partial charge on any atom is 0.160 e. The number of nitrogens with zero attached hydrogens (tertiary/aromatic N) is 2. The Hall–Kier alpha value is -5.90. The van der Waals surface area contributed by atoms with Gasteiger partial charge in [0.2, 0.25) is 0 Å². The fourth-order valence-electron chi connectivity index (χ4n) is 6.62. The van der Waals surface area contributed by atoms with E-state index in [0.717, 1.165) is 39.2 Å². The number of hydrogen-bond donors (Lipinski definition) is 0. The SMILES string of the molecule is c1ccc(-c2cc(-c3cc(-c4ccccc4)nc(-c4ccccc4)n3)cc(-c3cc4sc5ccccc5c4c4ccccc34)c2)cc1. The van der Waals surface area contributed by atoms with Gasteiger partial charge in [-0.15, -0.1) is 11.3 Å². The van der Waals surface area contributed by atoms with Crippen molar-refractivity contribution in [1.29, 1.82) is 0 Å². The molecule has 0 aliphatic heterocycles. The molecule has 0 saturated carbocycles. The summed E-state index contributed by atoms with van der Waals surface area (Å²) >= 11 is 1.87. The lowest BCUT2D eigenvalue weighted by atomic mass is 9.91. The Kier molecular flexibility index (Phi) is 6.69. The van der Waals surface area contributed by atoms with E-state index in [0.29, 0.717) is 5.82 Å². The summed E-state index contributed by atoms with van der Waals surface area (Å²) < 4.78 is 2.61. The van der Waals surface area contributed by atoms with Crippen LogP contribution < -0.4 is 0 Å². The number of thiophene rings is 1. The molecule has 0 atom stereocenters. The Morgan fingerprint density at radius 2 is 0.872 bits per heavy atom. The van der Waals surface area contributed by atoms with Crippen molar-refractivity contribution in [3.05, 3.63) is 170 Å². The zero-order valence-corrected chi connectivity index (χ0v) is 26.3. The molecule has 9 aromatic rings. The normalized spacial score (nSPS) is 11.4. The van der Waals surface area contributed by atoms with Crippen LogP contribution in [0.2, 0.25) is 0 Å². The fraction of sp³-hybridized carbons (Fsp3) is 0. The lowest BCUT2D eigenvalue weighted by Crippen LogP contribution is -1.96. The van der Waals surface area contributed by atoms with E-state index in [1.165, 1.54) is 42.1 Å². The van der Waals surface area contributed by atoms with E-state index in [2.05, 4.69) is 146 Å². The van der Waals surface area contributed by atoms with Gasteiger partial charge in [-0.3, -0.25) is 0 Å². The highest BCUT2D eigenvalue weighted by Gasteiger charge is 2.17. The van der Waals surface area contributed by atoms with Crippen LogP contribution >= 0.6 is 11.3 Å². The number of fused-ring (bicyclic) bond motifs is 5. The van der Waals surface area contributed by atoms with Crippen LogP contribution in [0.3, 0.4) is 0 Å². The molecule has 0 spiro atoms. The van der Waals surface area contributed by atoms with Gasteiger partial charge < -0.3 is 0 Å². The fourth-order valence-corrected chi connectivity index (χ4v) is 7.79. The average Bonchev–Trinajstić information content (AvgIpc) is 3.54. The maximum absolute atomic E-state index is 5.20. The molecule has 0 aliphatic rings. The molecule has 9 rings (SSSR count). The molecule has 3 heteroatoms. The van der Waals surface area contributed by atoms with Crippen LogP contribution in [0.4, 0.5) is 0 Å². The average molecular weight is 617 g/mol. The summed E-state index contributed by atoms with van der Waals surface area (Å²) in [5, 5.41) is 5.18. The molecule has 0 radical (unpaired) electrons. The molecule has 0 saturated heterocycles. The number of aromatic nitrogens is 2. The summed E-state index contributed by atoms with van der Waals surface area (Å²) in [6.07, 6.45) is 0. The summed E-state index contributed by atoms with van der Waals surface area (Å²) in [7, 11) is 0. The van der Waals surface area contributed by atoms with Crippen molar-refractivity contribution in [3.8, 4) is 56.2 Å². The number of benzene rings is 7. The molecule has 2 aromatic heterocycles. The molecule has 7 aromatic carbocycles. The minimum atomic E-state index is 0.714. The summed E-state index contributed by atoms with van der Waals surface area (Å²) in [5.41, 5.74) is 9.61. The first-order valence-electron chi connectivity index (χ1n) is 15.8. The minimum absolute atomic E-state index is 0.714. The third-order valence-electron chi connectivity index (χ3n) is 8.86. The predicted octanol–water partition coefficient (Wildman–Crippen LogP) is 12.3. The summed E-state index contributed by atoms with van der Waals surface area (Å²) in [5.74, 6) is 0.714. The van der Waals surface area contributed by atoms with Gasteiger partial charge in [0.1, 0.15) is 0 Å². The highest BCUT2D eigenvalue weighted by atomic mass is 32.1. The topological polar surface area (TPSA) is 25.8 Å². The van der Waals surface area contributed by atoms with E-state index in [4.69, 9.17) is 9.97 Å². The van der Waals surface area contributed by atoms with Gasteiger partial charge >= 0.3 is 0 Å². The highest BCUT2D eigenvalue weighted by Crippen LogP contribution is 2.44. The smallest absolute Gasteiger partial charge is 0.160 e. The summed E-state index contributed by atoms with van der Waals surface area (Å²) in [6.45, 7) is 0. The number of rotatable bonds is 5. The van der Waals surface area contributed by atoms with Gasteiger partial charge in [-0.1, -0.05) is 133 Å². The monoisotopic (exact) mass is 616 g/mol. The van der Waals surface area contributed by atoms with E-state index < -0.39 is 0 Å². The van der Waals surface area contributed by atoms with Crippen LogP contribution in [0.15, 0.2) is 170 Å². The second-order valence-corrected chi connectivity index (χ2v) is 12.9. The van der Waals surface area contributed by atoms with Crippen LogP contribution in [-0.4, -0.2) is 9.97 Å². The predicted molar refractivity (Wildman–Crippen MR) is 200 cm³/mol. The minimum Gasteiger partial charge on any atom is -0.228 e. The van der Waals surface area contributed by atoms with E-state index >= 15 is 0 Å². The first-order chi connectivity index (χ1) is 23.3. The van der Waals surface area contributed by atoms with Crippen LogP contribution in [0.5, 0.6) is 0 Å². The molecule has 47 heavy (non-hydrogen) atoms. The van der Waals surface area contributed by atoms with Crippen molar-refractivity contribution in [2.45, 2.75) is 0 Å². The van der Waals surface area contributed by atoms with Gasteiger partial charge in [-0.25, -0.2) is 9.97 Å². The Labute approximate surface area is 277 Å². The molecule has 0 N–H and O–H groups in total. The Balaban J connectivity index is 1.32. The van der Waals surface area contributed by atoms with E-state index in [9.17, 15) is 0 Å². The molecule has 0 aliphatic carbocycles. The zero-order valence-electron chi connectivity index (χ0n) is 25.5. The lowest BCUT2D eigenvalue weighted by Gasteiger charge is -2.15. The van der Waals surface area contributed by atoms with Gasteiger partial charge in [0, 0.05) is 36.9 Å². The first kappa shape index (κ1) is 27.4. The third-order valence-corrected chi connectivity index (χ3v) is 9.98. The quantitative estimate of drug-likeness (QED) is 0.192. The van der Waals surface area contributed by atoms with Crippen molar-refractivity contribution in [1.82, 2.24) is 9.97 Å². The van der Waals surface area contributed by atoms with E-state index in [1.807, 2.05) is 35.6 Å². The second-order valence-electron chi connectivity index (χ2n) is 11.8. The summed E-state index contributed by atoms with van der Waals surface area (Å²) in [6, 6.07) is 60.3. The first-order valence-corrected chi connectivity index (χ1v) is 16.6. The highest BCUT2D eigenvalue weighted by molar-refractivity contribution is 7.26. The molecule has 0 fully saturated rings. The van der Waals surface area contributed by atoms with Crippen LogP contribution in [0.25, 0.3) is 87.1 Å². The van der Waals surface area contributed by atoms with Crippen molar-refractivity contribution < 1.29 is 0 Å². The summed E-state index contributed by atoms with van der Waals surface area (Å²) in [4.78, 5) is 10.2. The molecule has 0 unspecified atom stereocenters. The lowest BCUT2D eigenvalue weighted by molar-refractivity contribution is 1.18. The number of hydrogen-bond acceptors (Lipinski definition) is 3. The third kappa shape index (κ3) is 4.98.